The molecule has 1 aromatic carbocycles. The van der Waals surface area contributed by atoms with Gasteiger partial charge in [0.25, 0.3) is 0 Å². The molecule has 2 rings (SSSR count). The topological polar surface area (TPSA) is 123 Å². The van der Waals surface area contributed by atoms with Crippen molar-refractivity contribution in [2.75, 3.05) is 31.7 Å². The first-order valence-corrected chi connectivity index (χ1v) is 11.4. The van der Waals surface area contributed by atoms with Gasteiger partial charge in [0.1, 0.15) is 31.5 Å². The first kappa shape index (κ1) is 27.7. The van der Waals surface area contributed by atoms with Gasteiger partial charge in [-0.1, -0.05) is 44.0 Å². The van der Waals surface area contributed by atoms with Crippen LogP contribution in [0.25, 0.3) is 0 Å². The highest BCUT2D eigenvalue weighted by Crippen LogP contribution is 2.34. The number of aliphatic hydroxyl groups is 1. The molecule has 1 aliphatic rings. The SMILES string of the molecule is C=CCOC(=O)c1ccc(C)c(OCC=C)c1NC(=O)C1CC(C(C(=O)OCC=C)C(O)=S)CN1. The van der Waals surface area contributed by atoms with Gasteiger partial charge in [-0.05, 0) is 43.1 Å². The molecule has 1 fully saturated rings. The van der Waals surface area contributed by atoms with Crippen LogP contribution in [0, 0.1) is 18.8 Å². The number of aliphatic hydroxyl groups excluding tert-OH is 1. The lowest BCUT2D eigenvalue weighted by Crippen LogP contribution is -2.36. The van der Waals surface area contributed by atoms with E-state index in [2.05, 4.69) is 30.4 Å². The van der Waals surface area contributed by atoms with Crippen LogP contribution in [0.1, 0.15) is 22.3 Å². The zero-order valence-corrected chi connectivity index (χ0v) is 20.4. The molecule has 0 radical (unpaired) electrons. The van der Waals surface area contributed by atoms with Crippen molar-refractivity contribution in [3.8, 4) is 5.75 Å². The van der Waals surface area contributed by atoms with Gasteiger partial charge in [-0.2, -0.15) is 0 Å². The number of aryl methyl sites for hydroxylation is 1. The van der Waals surface area contributed by atoms with E-state index in [4.69, 9.17) is 26.4 Å². The molecule has 0 bridgehead atoms. The van der Waals surface area contributed by atoms with Crippen molar-refractivity contribution in [2.45, 2.75) is 19.4 Å². The van der Waals surface area contributed by atoms with Gasteiger partial charge in [0, 0.05) is 6.54 Å². The highest BCUT2D eigenvalue weighted by Gasteiger charge is 2.41. The number of benzene rings is 1. The van der Waals surface area contributed by atoms with Crippen molar-refractivity contribution in [1.82, 2.24) is 5.32 Å². The molecule has 3 N–H and O–H groups in total. The summed E-state index contributed by atoms with van der Waals surface area (Å²) in [5.74, 6) is -3.02. The molecule has 9 nitrogen and oxygen atoms in total. The minimum Gasteiger partial charge on any atom is -0.501 e. The summed E-state index contributed by atoms with van der Waals surface area (Å²) in [7, 11) is 0. The van der Waals surface area contributed by atoms with Crippen molar-refractivity contribution in [1.29, 1.82) is 0 Å². The van der Waals surface area contributed by atoms with Gasteiger partial charge in [-0.25, -0.2) is 4.79 Å². The van der Waals surface area contributed by atoms with Gasteiger partial charge in [0.2, 0.25) is 5.91 Å². The predicted molar refractivity (Wildman–Crippen MR) is 136 cm³/mol. The number of ether oxygens (including phenoxy) is 3. The van der Waals surface area contributed by atoms with E-state index in [1.807, 2.05) is 0 Å². The maximum absolute atomic E-state index is 13.2. The zero-order chi connectivity index (χ0) is 26.0. The van der Waals surface area contributed by atoms with E-state index in [1.165, 1.54) is 18.2 Å². The quantitative estimate of drug-likeness (QED) is 0.212. The minimum atomic E-state index is -1.06. The van der Waals surface area contributed by atoms with Crippen LogP contribution in [0.15, 0.2) is 50.1 Å². The Labute approximate surface area is 209 Å². The molecule has 0 saturated carbocycles. The summed E-state index contributed by atoms with van der Waals surface area (Å²) >= 11 is 4.86. The first-order valence-electron chi connectivity index (χ1n) is 10.9. The maximum atomic E-state index is 13.2. The largest absolute Gasteiger partial charge is 0.501 e. The lowest BCUT2D eigenvalue weighted by Gasteiger charge is -2.20. The third-order valence-corrected chi connectivity index (χ3v) is 5.57. The summed E-state index contributed by atoms with van der Waals surface area (Å²) in [6.45, 7) is 12.8. The Morgan fingerprint density at radius 2 is 1.83 bits per heavy atom. The van der Waals surface area contributed by atoms with Crippen LogP contribution in [0.3, 0.4) is 0 Å². The maximum Gasteiger partial charge on any atom is 0.340 e. The summed E-state index contributed by atoms with van der Waals surface area (Å²) in [5, 5.41) is 15.2. The van der Waals surface area contributed by atoms with E-state index in [9.17, 15) is 19.5 Å². The van der Waals surface area contributed by atoms with Crippen molar-refractivity contribution in [2.24, 2.45) is 11.8 Å². The zero-order valence-electron chi connectivity index (χ0n) is 19.6. The fourth-order valence-electron chi connectivity index (χ4n) is 3.67. The monoisotopic (exact) mass is 502 g/mol. The molecule has 35 heavy (non-hydrogen) atoms. The number of hydrogen-bond donors (Lipinski definition) is 3. The molecule has 1 saturated heterocycles. The second-order valence-corrected chi connectivity index (χ2v) is 8.22. The highest BCUT2D eigenvalue weighted by atomic mass is 32.1. The molecule has 1 heterocycles. The average molecular weight is 503 g/mol. The lowest BCUT2D eigenvalue weighted by atomic mass is 9.90. The number of nitrogens with one attached hydrogen (secondary N) is 2. The molecule has 0 aromatic heterocycles. The van der Waals surface area contributed by atoms with Gasteiger partial charge >= 0.3 is 11.9 Å². The molecule has 1 aromatic rings. The third-order valence-electron chi connectivity index (χ3n) is 5.32. The minimum absolute atomic E-state index is 0.000777. The first-order chi connectivity index (χ1) is 16.7. The summed E-state index contributed by atoms with van der Waals surface area (Å²) in [4.78, 5) is 38.2. The molecule has 0 spiro atoms. The van der Waals surface area contributed by atoms with Crippen LogP contribution in [-0.2, 0) is 19.1 Å². The normalized spacial score (nSPS) is 17.5. The van der Waals surface area contributed by atoms with E-state index in [1.54, 1.807) is 19.1 Å². The highest BCUT2D eigenvalue weighted by molar-refractivity contribution is 7.80. The Kier molecular flexibility index (Phi) is 10.6. The van der Waals surface area contributed by atoms with Crippen LogP contribution in [-0.4, -0.2) is 60.4 Å². The molecule has 188 valence electrons. The lowest BCUT2D eigenvalue weighted by molar-refractivity contribution is -0.146. The summed E-state index contributed by atoms with van der Waals surface area (Å²) in [6, 6.07) is 2.50. The molecular weight excluding hydrogens is 472 g/mol. The molecule has 0 aliphatic carbocycles. The van der Waals surface area contributed by atoms with Gasteiger partial charge in [-0.3, -0.25) is 9.59 Å². The molecule has 10 heteroatoms. The van der Waals surface area contributed by atoms with E-state index >= 15 is 0 Å². The number of rotatable bonds is 13. The van der Waals surface area contributed by atoms with Crippen LogP contribution in [0.2, 0.25) is 0 Å². The molecular formula is C25H30N2O7S. The van der Waals surface area contributed by atoms with Gasteiger partial charge in [-0.15, -0.1) is 0 Å². The van der Waals surface area contributed by atoms with E-state index in [-0.39, 0.29) is 44.0 Å². The summed E-state index contributed by atoms with van der Waals surface area (Å²) in [6.07, 6.45) is 4.58. The van der Waals surface area contributed by atoms with Crippen LogP contribution in [0.5, 0.6) is 5.75 Å². The standard InChI is InChI=1S/C25H30N2O7S/c1-5-10-32-21-15(4)8-9-17(23(29)33-11-6-2)20(21)27-22(28)18-13-16(14-26-18)19(25(31)35)24(30)34-12-7-3/h5-9,16,18-19,26H,1-3,10-14H2,4H3,(H,27,28)(H,31,35). The van der Waals surface area contributed by atoms with Gasteiger partial charge < -0.3 is 30.0 Å². The number of anilines is 1. The van der Waals surface area contributed by atoms with E-state index < -0.39 is 40.8 Å². The van der Waals surface area contributed by atoms with Gasteiger partial charge in [0.15, 0.2) is 5.05 Å². The van der Waals surface area contributed by atoms with Crippen LogP contribution in [0.4, 0.5) is 5.69 Å². The molecule has 1 aliphatic heterocycles. The average Bonchev–Trinajstić information content (AvgIpc) is 3.30. The van der Waals surface area contributed by atoms with Crippen molar-refractivity contribution >= 4 is 40.8 Å². The summed E-state index contributed by atoms with van der Waals surface area (Å²) in [5.41, 5.74) is 0.966. The Morgan fingerprint density at radius 3 is 2.46 bits per heavy atom. The number of hydrogen-bond acceptors (Lipinski definition) is 8. The number of esters is 2. The van der Waals surface area contributed by atoms with Crippen molar-refractivity contribution < 1.29 is 33.7 Å². The number of carbonyl (C=O) groups excluding carboxylic acids is 3. The molecule has 1 amide bonds. The third kappa shape index (κ3) is 7.24. The van der Waals surface area contributed by atoms with Crippen LogP contribution < -0.4 is 15.4 Å². The van der Waals surface area contributed by atoms with E-state index in [0.29, 0.717) is 11.3 Å². The number of thiocarbonyl (C=S) groups is 1. The van der Waals surface area contributed by atoms with E-state index in [0.717, 1.165) is 0 Å². The molecule has 3 atom stereocenters. The molecule has 3 unspecified atom stereocenters. The van der Waals surface area contributed by atoms with Gasteiger partial charge in [0.05, 0.1) is 17.3 Å². The number of amides is 1. The second-order valence-electron chi connectivity index (χ2n) is 7.80. The number of carbonyl (C=O) groups is 3. The summed E-state index contributed by atoms with van der Waals surface area (Å²) < 4.78 is 15.9. The second kappa shape index (κ2) is 13.4. The Bertz CT molecular complexity index is 1010. The van der Waals surface area contributed by atoms with Crippen LogP contribution >= 0.6 is 12.2 Å². The fraction of sp³-hybridized carbons (Fsp3) is 0.360. The predicted octanol–water partition coefficient (Wildman–Crippen LogP) is 3.05. The van der Waals surface area contributed by atoms with Crippen molar-refractivity contribution in [3.63, 3.8) is 0 Å². The van der Waals surface area contributed by atoms with Crippen molar-refractivity contribution in [3.05, 3.63) is 61.2 Å². The fourth-order valence-corrected chi connectivity index (χ4v) is 3.96. The Morgan fingerprint density at radius 1 is 1.17 bits per heavy atom. The smallest absolute Gasteiger partial charge is 0.340 e. The Balaban J connectivity index is 2.27. The Hall–Kier alpha value is -3.50.